The summed E-state index contributed by atoms with van der Waals surface area (Å²) < 4.78 is 5.49. The number of ether oxygens (including phenoxy) is 1. The van der Waals surface area contributed by atoms with Crippen molar-refractivity contribution in [3.05, 3.63) is 23.8 Å². The molecule has 0 bridgehead atoms. The van der Waals surface area contributed by atoms with Crippen LogP contribution in [0, 0.1) is 0 Å². The molecule has 0 spiro atoms. The van der Waals surface area contributed by atoms with Crippen LogP contribution in [0.25, 0.3) is 0 Å². The number of anilines is 2. The number of nitrogens with one attached hydrogen (secondary N) is 1. The number of carbonyl (C=O) groups excluding carboxylic acids is 2. The first-order valence-electron chi connectivity index (χ1n) is 16.5. The Labute approximate surface area is 252 Å². The summed E-state index contributed by atoms with van der Waals surface area (Å²) >= 11 is 0. The molecule has 0 saturated heterocycles. The molecular weight excluding hydrogens is 512 g/mol. The van der Waals surface area contributed by atoms with Crippen molar-refractivity contribution in [1.29, 1.82) is 0 Å². The number of hydrogen-bond donors (Lipinski definition) is 1. The fraction of sp³-hybridized carbons (Fsp3) is 0.765. The fourth-order valence-corrected chi connectivity index (χ4v) is 5.06. The topological polar surface area (TPSA) is 65.1 Å². The fourth-order valence-electron chi connectivity index (χ4n) is 5.06. The molecule has 0 aromatic heterocycles. The molecule has 2 amide bonds. The number of carbonyl (C=O) groups is 2. The lowest BCUT2D eigenvalue weighted by Gasteiger charge is -2.23. The summed E-state index contributed by atoms with van der Waals surface area (Å²) in [6.07, 6.45) is 22.6. The lowest BCUT2D eigenvalue weighted by Crippen LogP contribution is -2.28. The van der Waals surface area contributed by atoms with E-state index in [1.807, 2.05) is 51.3 Å². The smallest absolute Gasteiger partial charge is 0.407 e. The van der Waals surface area contributed by atoms with Crippen molar-refractivity contribution in [3.63, 3.8) is 0 Å². The SMILES string of the molecule is CCCCCCCCCCCCCCCCCCN(C=O)c1cc(N(C)C)ccc1COC(=O)NCCCN(C)C. The van der Waals surface area contributed by atoms with Crippen LogP contribution in [0.3, 0.4) is 0 Å². The van der Waals surface area contributed by atoms with Gasteiger partial charge >= 0.3 is 6.09 Å². The average molecular weight is 575 g/mol. The van der Waals surface area contributed by atoms with E-state index in [4.69, 9.17) is 4.74 Å². The van der Waals surface area contributed by atoms with Crippen LogP contribution in [0.4, 0.5) is 16.2 Å². The third-order valence-corrected chi connectivity index (χ3v) is 7.68. The lowest BCUT2D eigenvalue weighted by molar-refractivity contribution is -0.107. The Kier molecular flexibility index (Phi) is 21.8. The zero-order valence-electron chi connectivity index (χ0n) is 27.2. The number of rotatable bonds is 26. The van der Waals surface area contributed by atoms with Crippen molar-refractivity contribution >= 4 is 23.9 Å². The Morgan fingerprint density at radius 1 is 0.756 bits per heavy atom. The lowest BCUT2D eigenvalue weighted by atomic mass is 10.0. The predicted octanol–water partition coefficient (Wildman–Crippen LogP) is 8.15. The number of alkyl carbamates (subject to hydrolysis) is 1. The molecule has 0 aliphatic rings. The highest BCUT2D eigenvalue weighted by Crippen LogP contribution is 2.27. The quantitative estimate of drug-likeness (QED) is 0.0893. The van der Waals surface area contributed by atoms with Gasteiger partial charge in [0.25, 0.3) is 0 Å². The second-order valence-electron chi connectivity index (χ2n) is 12.0. The Morgan fingerprint density at radius 2 is 1.29 bits per heavy atom. The third-order valence-electron chi connectivity index (χ3n) is 7.68. The van der Waals surface area contributed by atoms with Gasteiger partial charge in [-0.2, -0.15) is 0 Å². The van der Waals surface area contributed by atoms with Gasteiger partial charge in [-0.1, -0.05) is 109 Å². The monoisotopic (exact) mass is 574 g/mol. The molecule has 0 aliphatic heterocycles. The van der Waals surface area contributed by atoms with Crippen molar-refractivity contribution in [2.24, 2.45) is 0 Å². The van der Waals surface area contributed by atoms with Gasteiger partial charge in [0, 0.05) is 38.4 Å². The molecule has 0 atom stereocenters. The van der Waals surface area contributed by atoms with E-state index in [0.717, 1.165) is 49.2 Å². The molecule has 236 valence electrons. The Bertz CT molecular complexity index is 800. The largest absolute Gasteiger partial charge is 0.445 e. The maximum absolute atomic E-state index is 12.2. The maximum Gasteiger partial charge on any atom is 0.407 e. The van der Waals surface area contributed by atoms with Crippen LogP contribution < -0.4 is 15.1 Å². The van der Waals surface area contributed by atoms with E-state index < -0.39 is 6.09 Å². The Balaban J connectivity index is 2.33. The number of amides is 2. The van der Waals surface area contributed by atoms with Gasteiger partial charge in [0.2, 0.25) is 6.41 Å². The average Bonchev–Trinajstić information content (AvgIpc) is 2.96. The van der Waals surface area contributed by atoms with E-state index in [1.54, 1.807) is 4.90 Å². The second-order valence-corrected chi connectivity index (χ2v) is 12.0. The zero-order valence-corrected chi connectivity index (χ0v) is 27.2. The van der Waals surface area contributed by atoms with Gasteiger partial charge in [-0.15, -0.1) is 0 Å². The summed E-state index contributed by atoms with van der Waals surface area (Å²) in [5.41, 5.74) is 2.66. The minimum atomic E-state index is -0.429. The van der Waals surface area contributed by atoms with E-state index in [1.165, 1.54) is 89.9 Å². The Morgan fingerprint density at radius 3 is 1.78 bits per heavy atom. The van der Waals surface area contributed by atoms with Crippen molar-refractivity contribution < 1.29 is 14.3 Å². The standard InChI is InChI=1S/C34H62N4O3/c1-6-7-8-9-10-11-12-13-14-15-16-17-18-19-20-21-27-38(30-39)33-28-32(37(4)5)24-23-31(33)29-41-34(40)35-25-22-26-36(2)3/h23-24,28,30H,6-22,25-27,29H2,1-5H3,(H,35,40). The molecule has 0 heterocycles. The van der Waals surface area contributed by atoms with Crippen LogP contribution in [0.1, 0.15) is 122 Å². The van der Waals surface area contributed by atoms with Crippen molar-refractivity contribution in [2.45, 2.75) is 123 Å². The number of hydrogen-bond acceptors (Lipinski definition) is 5. The molecule has 0 radical (unpaired) electrons. The summed E-state index contributed by atoms with van der Waals surface area (Å²) in [6, 6.07) is 5.96. The highest BCUT2D eigenvalue weighted by Gasteiger charge is 2.14. The first kappa shape index (κ1) is 36.7. The minimum Gasteiger partial charge on any atom is -0.445 e. The molecule has 41 heavy (non-hydrogen) atoms. The molecular formula is C34H62N4O3. The number of unbranched alkanes of at least 4 members (excludes halogenated alkanes) is 15. The van der Waals surface area contributed by atoms with Crippen LogP contribution in [0.5, 0.6) is 0 Å². The van der Waals surface area contributed by atoms with E-state index in [-0.39, 0.29) is 6.61 Å². The third kappa shape index (κ3) is 18.7. The second kappa shape index (κ2) is 24.3. The number of nitrogens with zero attached hydrogens (tertiary/aromatic N) is 3. The zero-order chi connectivity index (χ0) is 30.1. The van der Waals surface area contributed by atoms with Crippen molar-refractivity contribution in [2.75, 3.05) is 57.6 Å². The summed E-state index contributed by atoms with van der Waals surface area (Å²) in [7, 11) is 7.99. The molecule has 1 rings (SSSR count). The van der Waals surface area contributed by atoms with E-state index in [0.29, 0.717) is 13.1 Å². The maximum atomic E-state index is 12.2. The molecule has 1 aromatic rings. The summed E-state index contributed by atoms with van der Waals surface area (Å²) in [5.74, 6) is 0. The summed E-state index contributed by atoms with van der Waals surface area (Å²) in [5, 5.41) is 2.81. The Hall–Kier alpha value is -2.28. The normalized spacial score (nSPS) is 11.1. The predicted molar refractivity (Wildman–Crippen MR) is 175 cm³/mol. The number of benzene rings is 1. The van der Waals surface area contributed by atoms with Crippen LogP contribution >= 0.6 is 0 Å². The van der Waals surface area contributed by atoms with Crippen molar-refractivity contribution in [1.82, 2.24) is 10.2 Å². The highest BCUT2D eigenvalue weighted by molar-refractivity contribution is 5.79. The highest BCUT2D eigenvalue weighted by atomic mass is 16.5. The first-order valence-corrected chi connectivity index (χ1v) is 16.5. The van der Waals surface area contributed by atoms with Crippen LogP contribution in [0.15, 0.2) is 18.2 Å². The molecule has 7 heteroatoms. The van der Waals surface area contributed by atoms with Gasteiger partial charge in [0.15, 0.2) is 0 Å². The molecule has 0 unspecified atom stereocenters. The molecule has 0 saturated carbocycles. The van der Waals surface area contributed by atoms with Gasteiger partial charge in [-0.25, -0.2) is 4.79 Å². The minimum absolute atomic E-state index is 0.131. The van der Waals surface area contributed by atoms with Gasteiger partial charge in [-0.3, -0.25) is 4.79 Å². The van der Waals surface area contributed by atoms with Gasteiger partial charge in [-0.05, 0) is 45.6 Å². The summed E-state index contributed by atoms with van der Waals surface area (Å²) in [6.45, 7) is 4.56. The first-order chi connectivity index (χ1) is 19.9. The van der Waals surface area contributed by atoms with Crippen LogP contribution in [-0.4, -0.2) is 65.2 Å². The van der Waals surface area contributed by atoms with E-state index in [9.17, 15) is 9.59 Å². The van der Waals surface area contributed by atoms with Crippen molar-refractivity contribution in [3.8, 4) is 0 Å². The van der Waals surface area contributed by atoms with E-state index in [2.05, 4.69) is 17.1 Å². The molecule has 7 nitrogen and oxygen atoms in total. The van der Waals surface area contributed by atoms with E-state index >= 15 is 0 Å². The molecule has 0 aliphatic carbocycles. The van der Waals surface area contributed by atoms with Crippen LogP contribution in [-0.2, 0) is 16.1 Å². The van der Waals surface area contributed by atoms with Gasteiger partial charge in [0.1, 0.15) is 6.61 Å². The molecule has 1 aromatic carbocycles. The van der Waals surface area contributed by atoms with Crippen LogP contribution in [0.2, 0.25) is 0 Å². The van der Waals surface area contributed by atoms with Gasteiger partial charge < -0.3 is 24.8 Å². The molecule has 1 N–H and O–H groups in total. The molecule has 0 fully saturated rings. The summed E-state index contributed by atoms with van der Waals surface area (Å²) in [4.78, 5) is 30.1. The van der Waals surface area contributed by atoms with Gasteiger partial charge in [0.05, 0.1) is 5.69 Å².